The topological polar surface area (TPSA) is 75.0 Å². The summed E-state index contributed by atoms with van der Waals surface area (Å²) in [6.45, 7) is 3.09. The minimum absolute atomic E-state index is 0.0997. The third-order valence-electron chi connectivity index (χ3n) is 3.81. The molecule has 2 aliphatic heterocycles. The van der Waals surface area contributed by atoms with E-state index in [1.165, 1.54) is 5.06 Å². The standard InChI is InChI=1S/C14H19N3O4/c18-13(17-4-1-6-21-17)8-12-14(19)15-3-5-16(12)9-11-2-7-20-10-11/h2,7,10,12H,1,3-6,8-9H2,(H,15,19). The molecule has 21 heavy (non-hydrogen) atoms. The van der Waals surface area contributed by atoms with Gasteiger partial charge in [0.25, 0.3) is 0 Å². The Morgan fingerprint density at radius 2 is 2.33 bits per heavy atom. The second-order valence-electron chi connectivity index (χ2n) is 5.30. The summed E-state index contributed by atoms with van der Waals surface area (Å²) >= 11 is 0. The molecule has 2 saturated heterocycles. The third-order valence-corrected chi connectivity index (χ3v) is 3.81. The number of furan rings is 1. The fourth-order valence-electron chi connectivity index (χ4n) is 2.70. The SMILES string of the molecule is O=C1NCCN(Cc2ccoc2)C1CC(=O)N1CCCO1. The fourth-order valence-corrected chi connectivity index (χ4v) is 2.70. The van der Waals surface area contributed by atoms with Gasteiger partial charge in [0.05, 0.1) is 38.1 Å². The number of carbonyl (C=O) groups is 2. The number of rotatable bonds is 4. The van der Waals surface area contributed by atoms with Gasteiger partial charge in [0.15, 0.2) is 0 Å². The van der Waals surface area contributed by atoms with Crippen molar-refractivity contribution in [3.8, 4) is 0 Å². The molecule has 1 N–H and O–H groups in total. The highest BCUT2D eigenvalue weighted by Crippen LogP contribution is 2.16. The maximum absolute atomic E-state index is 12.2. The van der Waals surface area contributed by atoms with E-state index in [2.05, 4.69) is 5.32 Å². The van der Waals surface area contributed by atoms with Crippen molar-refractivity contribution in [2.45, 2.75) is 25.4 Å². The van der Waals surface area contributed by atoms with Crippen LogP contribution in [0, 0.1) is 0 Å². The van der Waals surface area contributed by atoms with Gasteiger partial charge in [-0.1, -0.05) is 0 Å². The zero-order valence-corrected chi connectivity index (χ0v) is 11.8. The summed E-state index contributed by atoms with van der Waals surface area (Å²) in [4.78, 5) is 31.5. The molecule has 7 heteroatoms. The van der Waals surface area contributed by atoms with E-state index in [0.717, 1.165) is 18.5 Å². The molecule has 1 aromatic rings. The number of hydrogen-bond acceptors (Lipinski definition) is 5. The average Bonchev–Trinajstić information content (AvgIpc) is 3.15. The molecule has 7 nitrogen and oxygen atoms in total. The number of hydroxylamine groups is 2. The Hall–Kier alpha value is -1.86. The lowest BCUT2D eigenvalue weighted by molar-refractivity contribution is -0.171. The minimum Gasteiger partial charge on any atom is -0.472 e. The van der Waals surface area contributed by atoms with E-state index in [0.29, 0.717) is 26.2 Å². The summed E-state index contributed by atoms with van der Waals surface area (Å²) in [7, 11) is 0. The molecule has 0 spiro atoms. The van der Waals surface area contributed by atoms with Crippen LogP contribution in [0.25, 0.3) is 0 Å². The van der Waals surface area contributed by atoms with Crippen molar-refractivity contribution in [1.82, 2.24) is 15.3 Å². The van der Waals surface area contributed by atoms with Crippen molar-refractivity contribution in [3.05, 3.63) is 24.2 Å². The number of amides is 2. The molecule has 0 aromatic carbocycles. The maximum Gasteiger partial charge on any atom is 0.248 e. The van der Waals surface area contributed by atoms with Gasteiger partial charge in [-0.05, 0) is 12.5 Å². The predicted octanol–water partition coefficient (Wildman–Crippen LogP) is 0.134. The van der Waals surface area contributed by atoms with Crippen LogP contribution in [-0.4, -0.2) is 54.1 Å². The van der Waals surface area contributed by atoms with Gasteiger partial charge in [-0.3, -0.25) is 19.3 Å². The zero-order chi connectivity index (χ0) is 14.7. The molecule has 0 saturated carbocycles. The first kappa shape index (κ1) is 14.1. The predicted molar refractivity (Wildman–Crippen MR) is 72.8 cm³/mol. The third kappa shape index (κ3) is 3.25. The monoisotopic (exact) mass is 293 g/mol. The Balaban J connectivity index is 1.65. The van der Waals surface area contributed by atoms with Crippen molar-refractivity contribution in [1.29, 1.82) is 0 Å². The first-order chi connectivity index (χ1) is 10.2. The summed E-state index contributed by atoms with van der Waals surface area (Å²) in [5.74, 6) is -0.232. The van der Waals surface area contributed by atoms with Crippen LogP contribution in [0.3, 0.4) is 0 Å². The smallest absolute Gasteiger partial charge is 0.248 e. The van der Waals surface area contributed by atoms with E-state index < -0.39 is 6.04 Å². The molecule has 1 unspecified atom stereocenters. The number of piperazine rings is 1. The first-order valence-corrected chi connectivity index (χ1v) is 7.20. The van der Waals surface area contributed by atoms with Gasteiger partial charge in [0, 0.05) is 25.2 Å². The van der Waals surface area contributed by atoms with Crippen LogP contribution < -0.4 is 5.32 Å². The van der Waals surface area contributed by atoms with Gasteiger partial charge < -0.3 is 9.73 Å². The second-order valence-corrected chi connectivity index (χ2v) is 5.30. The van der Waals surface area contributed by atoms with Crippen LogP contribution in [0.4, 0.5) is 0 Å². The minimum atomic E-state index is -0.453. The molecule has 1 aromatic heterocycles. The molecule has 114 valence electrons. The molecule has 0 radical (unpaired) electrons. The summed E-state index contributed by atoms with van der Waals surface area (Å²) in [6.07, 6.45) is 4.26. The summed E-state index contributed by atoms with van der Waals surface area (Å²) in [5.41, 5.74) is 1.000. The maximum atomic E-state index is 12.2. The zero-order valence-electron chi connectivity index (χ0n) is 11.8. The fraction of sp³-hybridized carbons (Fsp3) is 0.571. The quantitative estimate of drug-likeness (QED) is 0.854. The second kappa shape index (κ2) is 6.28. The van der Waals surface area contributed by atoms with Crippen LogP contribution in [0.5, 0.6) is 0 Å². The van der Waals surface area contributed by atoms with E-state index in [1.807, 2.05) is 11.0 Å². The molecule has 0 bridgehead atoms. The number of nitrogens with zero attached hydrogens (tertiary/aromatic N) is 2. The largest absolute Gasteiger partial charge is 0.472 e. The molecule has 0 aliphatic carbocycles. The highest BCUT2D eigenvalue weighted by molar-refractivity contribution is 5.88. The highest BCUT2D eigenvalue weighted by Gasteiger charge is 2.33. The normalized spacial score (nSPS) is 23.3. The molecule has 3 rings (SSSR count). The molecule has 2 aliphatic rings. The van der Waals surface area contributed by atoms with Crippen LogP contribution in [0.2, 0.25) is 0 Å². The van der Waals surface area contributed by atoms with Crippen molar-refractivity contribution in [2.24, 2.45) is 0 Å². The lowest BCUT2D eigenvalue weighted by Crippen LogP contribution is -2.56. The van der Waals surface area contributed by atoms with Crippen molar-refractivity contribution >= 4 is 11.8 Å². The molecule has 3 heterocycles. The molecular formula is C14H19N3O4. The van der Waals surface area contributed by atoms with E-state index >= 15 is 0 Å². The molecule has 2 amide bonds. The number of hydrogen-bond donors (Lipinski definition) is 1. The van der Waals surface area contributed by atoms with E-state index in [4.69, 9.17) is 9.25 Å². The van der Waals surface area contributed by atoms with Crippen molar-refractivity contribution in [2.75, 3.05) is 26.2 Å². The van der Waals surface area contributed by atoms with Gasteiger partial charge in [-0.15, -0.1) is 0 Å². The molecular weight excluding hydrogens is 274 g/mol. The summed E-state index contributed by atoms with van der Waals surface area (Å²) < 4.78 is 5.06. The van der Waals surface area contributed by atoms with Gasteiger partial charge in [0.2, 0.25) is 11.8 Å². The van der Waals surface area contributed by atoms with Crippen LogP contribution >= 0.6 is 0 Å². The summed E-state index contributed by atoms with van der Waals surface area (Å²) in [5, 5.41) is 4.19. The Bertz CT molecular complexity index is 496. The summed E-state index contributed by atoms with van der Waals surface area (Å²) in [6, 6.07) is 1.42. The van der Waals surface area contributed by atoms with Crippen LogP contribution in [0.15, 0.2) is 23.0 Å². The van der Waals surface area contributed by atoms with Gasteiger partial charge >= 0.3 is 0 Å². The Morgan fingerprint density at radius 1 is 1.43 bits per heavy atom. The first-order valence-electron chi connectivity index (χ1n) is 7.20. The number of nitrogens with one attached hydrogen (secondary N) is 1. The molecule has 1 atom stereocenters. The van der Waals surface area contributed by atoms with E-state index in [9.17, 15) is 9.59 Å². The van der Waals surface area contributed by atoms with Crippen molar-refractivity contribution < 1.29 is 18.8 Å². The lowest BCUT2D eigenvalue weighted by atomic mass is 10.1. The van der Waals surface area contributed by atoms with Crippen LogP contribution in [-0.2, 0) is 21.0 Å². The van der Waals surface area contributed by atoms with Gasteiger partial charge in [0.1, 0.15) is 0 Å². The van der Waals surface area contributed by atoms with E-state index in [-0.39, 0.29) is 18.2 Å². The number of carbonyl (C=O) groups excluding carboxylic acids is 2. The van der Waals surface area contributed by atoms with Gasteiger partial charge in [-0.25, -0.2) is 5.06 Å². The lowest BCUT2D eigenvalue weighted by Gasteiger charge is -2.34. The average molecular weight is 293 g/mol. The highest BCUT2D eigenvalue weighted by atomic mass is 16.7. The van der Waals surface area contributed by atoms with E-state index in [1.54, 1.807) is 12.5 Å². The Morgan fingerprint density at radius 3 is 3.05 bits per heavy atom. The van der Waals surface area contributed by atoms with Gasteiger partial charge in [-0.2, -0.15) is 0 Å². The molecule has 2 fully saturated rings. The van der Waals surface area contributed by atoms with Crippen LogP contribution in [0.1, 0.15) is 18.4 Å². The Labute approximate surface area is 122 Å². The Kier molecular flexibility index (Phi) is 4.21. The van der Waals surface area contributed by atoms with Crippen molar-refractivity contribution in [3.63, 3.8) is 0 Å².